The Hall–Kier alpha value is -7.33. The third kappa shape index (κ3) is 7.78. The van der Waals surface area contributed by atoms with E-state index in [1.54, 1.807) is 12.1 Å². The zero-order valence-corrected chi connectivity index (χ0v) is 29.6. The second-order valence-electron chi connectivity index (χ2n) is 12.7. The summed E-state index contributed by atoms with van der Waals surface area (Å²) >= 11 is 0. The predicted molar refractivity (Wildman–Crippen MR) is 213 cm³/mol. The number of aromatic amines is 2. The number of carboxylic acid groups (broad SMARTS) is 1. The summed E-state index contributed by atoms with van der Waals surface area (Å²) in [5.74, 6) is 0.461. The van der Waals surface area contributed by atoms with Crippen molar-refractivity contribution >= 4 is 51.6 Å². The van der Waals surface area contributed by atoms with E-state index in [-0.39, 0.29) is 17.0 Å². The number of fused-ring (bicyclic) bond motifs is 2. The zero-order valence-electron chi connectivity index (χ0n) is 29.6. The molecule has 0 atom stereocenters. The Labute approximate surface area is 311 Å². The van der Waals surface area contributed by atoms with E-state index in [9.17, 15) is 14.4 Å². The van der Waals surface area contributed by atoms with Gasteiger partial charge in [0.05, 0.1) is 27.6 Å². The molecular weight excluding hydrogens is 677 g/mol. The molecule has 0 aliphatic carbocycles. The normalized spacial score (nSPS) is 10.8. The van der Waals surface area contributed by atoms with Gasteiger partial charge in [0.25, 0.3) is 5.91 Å². The number of carbonyl (C=O) groups is 3. The lowest BCUT2D eigenvalue weighted by atomic mass is 10.0. The van der Waals surface area contributed by atoms with Gasteiger partial charge in [-0.15, -0.1) is 0 Å². The Bertz CT molecular complexity index is 2620. The molecule has 1 amide bonds. The maximum atomic E-state index is 12.7. The molecule has 5 N–H and O–H groups in total. The molecule has 8 rings (SSSR count). The Kier molecular flexibility index (Phi) is 10.1. The molecule has 0 aliphatic rings. The van der Waals surface area contributed by atoms with Gasteiger partial charge in [-0.1, -0.05) is 48.5 Å². The summed E-state index contributed by atoms with van der Waals surface area (Å²) < 4.78 is 0. The molecule has 0 aliphatic heterocycles. The van der Waals surface area contributed by atoms with Crippen molar-refractivity contribution in [1.29, 1.82) is 0 Å². The summed E-state index contributed by atoms with van der Waals surface area (Å²) in [5, 5.41) is 14.7. The van der Waals surface area contributed by atoms with E-state index < -0.39 is 5.97 Å². The van der Waals surface area contributed by atoms with Crippen LogP contribution in [0, 0.1) is 6.92 Å². The predicted octanol–water partition coefficient (Wildman–Crippen LogP) is 9.16. The summed E-state index contributed by atoms with van der Waals surface area (Å²) in [5.41, 5.74) is 11.9. The fraction of sp³-hybridized carbons (Fsp3) is 0.0682. The van der Waals surface area contributed by atoms with Crippen LogP contribution in [0.2, 0.25) is 0 Å². The number of aryl methyl sites for hydroxylation is 1. The van der Waals surface area contributed by atoms with Crippen LogP contribution in [0.5, 0.6) is 0 Å². The Morgan fingerprint density at radius 2 is 1.19 bits per heavy atom. The number of anilines is 2. The second kappa shape index (κ2) is 15.5. The molecule has 0 saturated carbocycles. The van der Waals surface area contributed by atoms with Crippen molar-refractivity contribution in [2.24, 2.45) is 0 Å². The number of rotatable bonds is 9. The third-order valence-electron chi connectivity index (χ3n) is 9.07. The smallest absolute Gasteiger partial charge is 0.336 e. The van der Waals surface area contributed by atoms with Crippen LogP contribution in [0.1, 0.15) is 47.8 Å². The van der Waals surface area contributed by atoms with Crippen LogP contribution in [0.3, 0.4) is 0 Å². The molecule has 0 unspecified atom stereocenters. The van der Waals surface area contributed by atoms with E-state index in [4.69, 9.17) is 15.1 Å². The van der Waals surface area contributed by atoms with Crippen LogP contribution in [-0.2, 0) is 6.42 Å². The molecule has 54 heavy (non-hydrogen) atoms. The largest absolute Gasteiger partial charge is 0.478 e. The number of aromatic nitrogens is 4. The van der Waals surface area contributed by atoms with Gasteiger partial charge in [0.1, 0.15) is 11.6 Å². The summed E-state index contributed by atoms with van der Waals surface area (Å²) in [4.78, 5) is 49.9. The maximum Gasteiger partial charge on any atom is 0.336 e. The minimum atomic E-state index is -1.08. The minimum Gasteiger partial charge on any atom is -0.478 e. The van der Waals surface area contributed by atoms with Crippen molar-refractivity contribution in [3.05, 3.63) is 167 Å². The molecule has 10 nitrogen and oxygen atoms in total. The van der Waals surface area contributed by atoms with Gasteiger partial charge in [0, 0.05) is 40.7 Å². The summed E-state index contributed by atoms with van der Waals surface area (Å²) in [7, 11) is 1.91. The van der Waals surface area contributed by atoms with Gasteiger partial charge in [-0.3, -0.25) is 9.59 Å². The highest BCUT2D eigenvalue weighted by Gasteiger charge is 2.12. The third-order valence-corrected chi connectivity index (χ3v) is 9.07. The number of amides is 1. The molecule has 0 radical (unpaired) electrons. The lowest BCUT2D eigenvalue weighted by Gasteiger charge is -2.08. The summed E-state index contributed by atoms with van der Waals surface area (Å²) in [6.45, 7) is 1.93. The first kappa shape index (κ1) is 35.1. The average molecular weight is 713 g/mol. The molecule has 0 fully saturated rings. The lowest BCUT2D eigenvalue weighted by Crippen LogP contribution is -2.13. The van der Waals surface area contributed by atoms with Gasteiger partial charge in [-0.25, -0.2) is 14.8 Å². The van der Waals surface area contributed by atoms with Crippen molar-refractivity contribution in [3.63, 3.8) is 0 Å². The van der Waals surface area contributed by atoms with Gasteiger partial charge in [-0.2, -0.15) is 0 Å². The molecule has 0 spiro atoms. The number of nitrogens with zero attached hydrogens (tertiary/aromatic N) is 2. The highest BCUT2D eigenvalue weighted by Crippen LogP contribution is 2.26. The number of aromatic carboxylic acids is 1. The van der Waals surface area contributed by atoms with E-state index >= 15 is 0 Å². The average Bonchev–Trinajstić information content (AvgIpc) is 3.83. The number of H-pyrrole nitrogens is 2. The number of carbonyl (C=O) groups excluding carboxylic acids is 2. The molecule has 6 aromatic carbocycles. The molecule has 0 bridgehead atoms. The van der Waals surface area contributed by atoms with Crippen molar-refractivity contribution in [2.45, 2.75) is 13.3 Å². The molecule has 0 saturated heterocycles. The Balaban J connectivity index is 0.000000353. The van der Waals surface area contributed by atoms with Gasteiger partial charge in [0.2, 0.25) is 0 Å². The van der Waals surface area contributed by atoms with Crippen LogP contribution in [0.15, 0.2) is 133 Å². The number of aldehydes is 1. The van der Waals surface area contributed by atoms with Crippen LogP contribution in [0.25, 0.3) is 44.8 Å². The number of hydrogen-bond acceptors (Lipinski definition) is 6. The molecule has 10 heteroatoms. The van der Waals surface area contributed by atoms with Crippen LogP contribution in [-0.4, -0.2) is 50.3 Å². The van der Waals surface area contributed by atoms with Crippen LogP contribution < -0.4 is 10.6 Å². The molecule has 2 aromatic heterocycles. The van der Waals surface area contributed by atoms with Crippen molar-refractivity contribution < 1.29 is 19.5 Å². The number of nitrogens with one attached hydrogen (secondary N) is 4. The number of benzene rings is 6. The fourth-order valence-electron chi connectivity index (χ4n) is 6.17. The second-order valence-corrected chi connectivity index (χ2v) is 12.7. The topological polar surface area (TPSA) is 153 Å². The van der Waals surface area contributed by atoms with E-state index in [2.05, 4.69) is 69.1 Å². The molecule has 2 heterocycles. The Morgan fingerprint density at radius 1 is 0.667 bits per heavy atom. The quantitative estimate of drug-likeness (QED) is 0.0936. The highest BCUT2D eigenvalue weighted by atomic mass is 16.4. The molecular formula is C44H36N6O4. The van der Waals surface area contributed by atoms with Gasteiger partial charge >= 0.3 is 5.97 Å². The highest BCUT2D eigenvalue weighted by molar-refractivity contribution is 6.05. The van der Waals surface area contributed by atoms with Crippen molar-refractivity contribution in [3.8, 4) is 22.8 Å². The van der Waals surface area contributed by atoms with Gasteiger partial charge in [-0.05, 0) is 115 Å². The molecule has 266 valence electrons. The number of hydrogen-bond donors (Lipinski definition) is 5. The van der Waals surface area contributed by atoms with Crippen molar-refractivity contribution in [2.75, 3.05) is 17.7 Å². The van der Waals surface area contributed by atoms with Crippen molar-refractivity contribution in [1.82, 2.24) is 19.9 Å². The van der Waals surface area contributed by atoms with E-state index in [1.807, 2.05) is 74.6 Å². The minimum absolute atomic E-state index is 0.0440. The van der Waals surface area contributed by atoms with E-state index in [0.29, 0.717) is 11.8 Å². The summed E-state index contributed by atoms with van der Waals surface area (Å²) in [6.07, 6.45) is 1.32. The van der Waals surface area contributed by atoms with Crippen LogP contribution in [0.4, 0.5) is 11.4 Å². The van der Waals surface area contributed by atoms with Gasteiger partial charge < -0.3 is 25.7 Å². The zero-order chi connectivity index (χ0) is 37.6. The van der Waals surface area contributed by atoms with E-state index in [0.717, 1.165) is 68.2 Å². The first-order valence-corrected chi connectivity index (χ1v) is 17.3. The SMILES string of the molecule is CNc1ccc(-c2nc3ccc(Cc4ccc5nc(-c6ccc(NC(=O)c7ccccc7C)cc6)[nH]c5c4)cc3[nH]2)cc1.O=Cc1ccccc1C(=O)O. The Morgan fingerprint density at radius 3 is 1.69 bits per heavy atom. The van der Waals surface area contributed by atoms with Gasteiger partial charge in [0.15, 0.2) is 6.29 Å². The standard InChI is InChI=1S/C36H30N6O.C8H6O3/c1-22-5-3-4-6-29(22)36(43)38-28-15-11-26(12-16-28)35-40-31-18-8-24(21-33(31)42-35)19-23-7-17-30-32(20-23)41-34(39-30)25-9-13-27(37-2)14-10-25;9-5-6-3-1-2-4-7(6)8(10)11/h3-18,20-21,37H,19H2,1-2H3,(H,38,43)(H,39,41)(H,40,42);1-5H,(H,10,11). The summed E-state index contributed by atoms with van der Waals surface area (Å²) in [6, 6.07) is 42.3. The first-order valence-electron chi connectivity index (χ1n) is 17.3. The van der Waals surface area contributed by atoms with Crippen LogP contribution >= 0.6 is 0 Å². The first-order chi connectivity index (χ1) is 26.3. The number of imidazole rings is 2. The fourth-order valence-corrected chi connectivity index (χ4v) is 6.17. The monoisotopic (exact) mass is 712 g/mol. The lowest BCUT2D eigenvalue weighted by molar-refractivity contribution is 0.0693. The molecule has 8 aromatic rings. The van der Waals surface area contributed by atoms with E-state index in [1.165, 1.54) is 23.3 Å². The maximum absolute atomic E-state index is 12.7. The number of carboxylic acids is 1.